The Balaban J connectivity index is 2.05. The smallest absolute Gasteiger partial charge is 0.0742 e. The van der Waals surface area contributed by atoms with Crippen LogP contribution >= 0.6 is 0 Å². The van der Waals surface area contributed by atoms with Crippen LogP contribution in [0.1, 0.15) is 52.9 Å². The van der Waals surface area contributed by atoms with Crippen LogP contribution in [-0.4, -0.2) is 44.6 Å². The van der Waals surface area contributed by atoms with Gasteiger partial charge in [0.2, 0.25) is 0 Å². The first-order valence-electron chi connectivity index (χ1n) is 7.44. The van der Waals surface area contributed by atoms with Gasteiger partial charge in [0, 0.05) is 6.04 Å². The maximum Gasteiger partial charge on any atom is 0.0742 e. The van der Waals surface area contributed by atoms with E-state index in [2.05, 4.69) is 32.7 Å². The van der Waals surface area contributed by atoms with Gasteiger partial charge in [-0.15, -0.1) is 0 Å². The van der Waals surface area contributed by atoms with Gasteiger partial charge in [-0.1, -0.05) is 44.8 Å². The molecule has 3 heteroatoms. The zero-order valence-corrected chi connectivity index (χ0v) is 12.5. The SMILES string of the molecule is [B]C1(C)CCCCC(N(C)C2(C)COC2)C(C)C1. The number of hydrogen-bond donors (Lipinski definition) is 0. The van der Waals surface area contributed by atoms with E-state index in [-0.39, 0.29) is 10.9 Å². The minimum atomic E-state index is 0.0238. The molecule has 3 atom stereocenters. The zero-order chi connectivity index (χ0) is 13.4. The Bertz CT molecular complexity index is 288. The van der Waals surface area contributed by atoms with Gasteiger partial charge in [-0.05, 0) is 26.3 Å². The van der Waals surface area contributed by atoms with Crippen molar-refractivity contribution in [2.24, 2.45) is 5.92 Å². The summed E-state index contributed by atoms with van der Waals surface area (Å²) in [4.78, 5) is 2.57. The van der Waals surface area contributed by atoms with Crippen molar-refractivity contribution in [3.63, 3.8) is 0 Å². The highest BCUT2D eigenvalue weighted by Crippen LogP contribution is 2.42. The largest absolute Gasteiger partial charge is 0.377 e. The number of hydrogen-bond acceptors (Lipinski definition) is 2. The molecular formula is C15H28BNO. The number of ether oxygens (including phenoxy) is 1. The minimum absolute atomic E-state index is 0.0238. The lowest BCUT2D eigenvalue weighted by Crippen LogP contribution is -2.62. The zero-order valence-electron chi connectivity index (χ0n) is 12.5. The molecule has 2 aliphatic rings. The predicted octanol–water partition coefficient (Wildman–Crippen LogP) is 3.02. The van der Waals surface area contributed by atoms with Crippen LogP contribution in [0.5, 0.6) is 0 Å². The average Bonchev–Trinajstić information content (AvgIpc) is 2.22. The molecule has 1 saturated carbocycles. The summed E-state index contributed by atoms with van der Waals surface area (Å²) in [5.41, 5.74) is 0.253. The van der Waals surface area contributed by atoms with Crippen LogP contribution in [0.25, 0.3) is 0 Å². The minimum Gasteiger partial charge on any atom is -0.377 e. The average molecular weight is 249 g/mol. The van der Waals surface area contributed by atoms with E-state index in [4.69, 9.17) is 12.6 Å². The van der Waals surface area contributed by atoms with Crippen LogP contribution in [0.4, 0.5) is 0 Å². The summed E-state index contributed by atoms with van der Waals surface area (Å²) in [6.07, 6.45) is 6.21. The monoisotopic (exact) mass is 249 g/mol. The van der Waals surface area contributed by atoms with Crippen molar-refractivity contribution >= 4 is 7.85 Å². The lowest BCUT2D eigenvalue weighted by atomic mass is 9.60. The topological polar surface area (TPSA) is 12.5 Å². The first-order valence-corrected chi connectivity index (χ1v) is 7.44. The Morgan fingerprint density at radius 3 is 2.44 bits per heavy atom. The molecule has 2 radical (unpaired) electrons. The number of nitrogens with zero attached hydrogens (tertiary/aromatic N) is 1. The van der Waals surface area contributed by atoms with Crippen molar-refractivity contribution in [1.82, 2.24) is 4.90 Å². The van der Waals surface area contributed by atoms with Crippen LogP contribution in [0.2, 0.25) is 5.31 Å². The number of rotatable bonds is 2. The van der Waals surface area contributed by atoms with Crippen LogP contribution in [0.15, 0.2) is 0 Å². The molecule has 0 spiro atoms. The highest BCUT2D eigenvalue weighted by molar-refractivity contribution is 6.14. The molecule has 2 rings (SSSR count). The molecule has 0 bridgehead atoms. The third-order valence-electron chi connectivity index (χ3n) is 5.12. The van der Waals surface area contributed by atoms with Gasteiger partial charge in [0.05, 0.1) is 26.6 Å². The second kappa shape index (κ2) is 5.17. The quantitative estimate of drug-likeness (QED) is 0.697. The van der Waals surface area contributed by atoms with Gasteiger partial charge >= 0.3 is 0 Å². The van der Waals surface area contributed by atoms with Crippen molar-refractivity contribution in [3.8, 4) is 0 Å². The summed E-state index contributed by atoms with van der Waals surface area (Å²) in [6, 6.07) is 0.655. The summed E-state index contributed by atoms with van der Waals surface area (Å²) < 4.78 is 5.42. The molecule has 0 aromatic heterocycles. The molecule has 2 fully saturated rings. The Kier molecular flexibility index (Phi) is 4.13. The molecule has 1 aliphatic carbocycles. The van der Waals surface area contributed by atoms with Gasteiger partial charge in [0.1, 0.15) is 0 Å². The van der Waals surface area contributed by atoms with Gasteiger partial charge in [0.15, 0.2) is 0 Å². The molecule has 0 amide bonds. The van der Waals surface area contributed by atoms with Crippen LogP contribution in [0, 0.1) is 5.92 Å². The van der Waals surface area contributed by atoms with E-state index in [0.717, 1.165) is 19.6 Å². The Morgan fingerprint density at radius 1 is 1.22 bits per heavy atom. The fraction of sp³-hybridized carbons (Fsp3) is 1.00. The predicted molar refractivity (Wildman–Crippen MR) is 77.1 cm³/mol. The second-order valence-corrected chi connectivity index (χ2v) is 7.25. The van der Waals surface area contributed by atoms with E-state index in [1.54, 1.807) is 0 Å². The molecule has 2 nitrogen and oxygen atoms in total. The van der Waals surface area contributed by atoms with E-state index in [1.807, 2.05) is 0 Å². The highest BCUT2D eigenvalue weighted by Gasteiger charge is 2.42. The first kappa shape index (κ1) is 14.4. The third kappa shape index (κ3) is 2.93. The Hall–Kier alpha value is -0.0151. The normalized spacial score (nSPS) is 40.9. The maximum atomic E-state index is 6.41. The van der Waals surface area contributed by atoms with Crippen molar-refractivity contribution in [2.45, 2.75) is 69.8 Å². The first-order chi connectivity index (χ1) is 8.34. The molecular weight excluding hydrogens is 221 g/mol. The number of likely N-dealkylation sites (N-methyl/N-ethyl adjacent to an activating group) is 1. The standard InChI is InChI=1S/C15H28BNO/c1-12-9-14(2,16)8-6-5-7-13(12)17(4)15(3)10-18-11-15/h12-13H,5-11H2,1-4H3. The molecule has 0 aromatic carbocycles. The molecule has 0 aromatic rings. The highest BCUT2D eigenvalue weighted by atomic mass is 16.5. The summed E-state index contributed by atoms with van der Waals surface area (Å²) in [6.45, 7) is 8.68. The lowest BCUT2D eigenvalue weighted by Gasteiger charge is -2.51. The molecule has 3 unspecified atom stereocenters. The van der Waals surface area contributed by atoms with Crippen molar-refractivity contribution in [3.05, 3.63) is 0 Å². The van der Waals surface area contributed by atoms with Gasteiger partial charge in [-0.25, -0.2) is 0 Å². The Morgan fingerprint density at radius 2 is 1.89 bits per heavy atom. The maximum absolute atomic E-state index is 6.41. The van der Waals surface area contributed by atoms with Crippen LogP contribution < -0.4 is 0 Å². The summed E-state index contributed by atoms with van der Waals surface area (Å²) >= 11 is 0. The van der Waals surface area contributed by atoms with E-state index >= 15 is 0 Å². The molecule has 0 N–H and O–H groups in total. The molecule has 1 saturated heterocycles. The van der Waals surface area contributed by atoms with Crippen molar-refractivity contribution < 1.29 is 4.74 Å². The van der Waals surface area contributed by atoms with Crippen LogP contribution in [0.3, 0.4) is 0 Å². The van der Waals surface area contributed by atoms with Gasteiger partial charge in [0.25, 0.3) is 0 Å². The Labute approximate surface area is 114 Å². The van der Waals surface area contributed by atoms with E-state index in [0.29, 0.717) is 12.0 Å². The molecule has 102 valence electrons. The van der Waals surface area contributed by atoms with Gasteiger partial charge in [-0.2, -0.15) is 0 Å². The summed E-state index contributed by atoms with van der Waals surface area (Å²) in [7, 11) is 8.69. The van der Waals surface area contributed by atoms with Crippen molar-refractivity contribution in [2.75, 3.05) is 20.3 Å². The van der Waals surface area contributed by atoms with E-state index in [9.17, 15) is 0 Å². The molecule has 1 aliphatic heterocycles. The van der Waals surface area contributed by atoms with E-state index in [1.165, 1.54) is 25.7 Å². The summed E-state index contributed by atoms with van der Waals surface area (Å²) in [5, 5.41) is 0.0238. The van der Waals surface area contributed by atoms with Crippen LogP contribution in [-0.2, 0) is 4.74 Å². The van der Waals surface area contributed by atoms with Crippen molar-refractivity contribution in [1.29, 1.82) is 0 Å². The van der Waals surface area contributed by atoms with Gasteiger partial charge in [-0.3, -0.25) is 4.90 Å². The fourth-order valence-corrected chi connectivity index (χ4v) is 3.72. The second-order valence-electron chi connectivity index (χ2n) is 7.25. The fourth-order valence-electron chi connectivity index (χ4n) is 3.72. The molecule has 18 heavy (non-hydrogen) atoms. The summed E-state index contributed by atoms with van der Waals surface area (Å²) in [5.74, 6) is 0.669. The van der Waals surface area contributed by atoms with E-state index < -0.39 is 0 Å². The third-order valence-corrected chi connectivity index (χ3v) is 5.12. The molecule has 1 heterocycles. The lowest BCUT2D eigenvalue weighted by molar-refractivity contribution is -0.142. The van der Waals surface area contributed by atoms with Gasteiger partial charge < -0.3 is 4.74 Å².